The molecule has 0 aliphatic rings. The minimum Gasteiger partial charge on any atom is -0.466 e. The van der Waals surface area contributed by atoms with Gasteiger partial charge in [-0.05, 0) is 31.2 Å². The third kappa shape index (κ3) is 21.9. The summed E-state index contributed by atoms with van der Waals surface area (Å²) in [5.41, 5.74) is 1.27. The Kier molecular flexibility index (Phi) is 23.1. The van der Waals surface area contributed by atoms with E-state index in [1.165, 1.54) is 134 Å². The maximum atomic E-state index is 11.0. The van der Waals surface area contributed by atoms with Gasteiger partial charge in [0.25, 0.3) is 0 Å². The van der Waals surface area contributed by atoms with Crippen LogP contribution < -0.4 is 0 Å². The van der Waals surface area contributed by atoms with E-state index in [1.807, 2.05) is 6.08 Å². The summed E-state index contributed by atoms with van der Waals surface area (Å²) in [5, 5.41) is 0. The molecule has 1 rings (SSSR count). The highest BCUT2D eigenvalue weighted by atomic mass is 16.5. The van der Waals surface area contributed by atoms with Gasteiger partial charge in [0.1, 0.15) is 0 Å². The number of ether oxygens (including phenoxy) is 2. The molecule has 0 amide bonds. The standard InChI is InChI=1S/C34H56O3/c1-3-4-5-6-7-8-9-10-11-14-17-23-28-33(37-31-32-26-21-20-22-27-32)29-24-18-15-12-13-16-19-25-30-34(35)36-2/h16,19-22,25-27,30,33H,3-15,17-18,23-24,28-29,31H2,1-2H3/t33-/m1/s1. The normalized spacial score (nSPS) is 12.5. The summed E-state index contributed by atoms with van der Waals surface area (Å²) in [7, 11) is 1.40. The Morgan fingerprint density at radius 2 is 1.27 bits per heavy atom. The van der Waals surface area contributed by atoms with Gasteiger partial charge in [-0.15, -0.1) is 0 Å². The summed E-state index contributed by atoms with van der Waals surface area (Å²) in [5.74, 6) is -0.308. The predicted octanol–water partition coefficient (Wildman–Crippen LogP) is 10.3. The molecular formula is C34H56O3. The third-order valence-electron chi connectivity index (χ3n) is 7.04. The van der Waals surface area contributed by atoms with Crippen LogP contribution in [0.15, 0.2) is 54.6 Å². The van der Waals surface area contributed by atoms with Crippen LogP contribution in [0.3, 0.4) is 0 Å². The molecule has 0 bridgehead atoms. The Bertz CT molecular complexity index is 680. The number of allylic oxidation sites excluding steroid dienone is 3. The highest BCUT2D eigenvalue weighted by Crippen LogP contribution is 2.18. The van der Waals surface area contributed by atoms with Gasteiger partial charge >= 0.3 is 5.97 Å². The number of esters is 1. The summed E-state index contributed by atoms with van der Waals surface area (Å²) >= 11 is 0. The second kappa shape index (κ2) is 25.8. The molecule has 1 aromatic carbocycles. The Morgan fingerprint density at radius 1 is 0.730 bits per heavy atom. The fourth-order valence-electron chi connectivity index (χ4n) is 4.68. The first-order valence-corrected chi connectivity index (χ1v) is 15.3. The number of unbranched alkanes of at least 4 members (excludes halogenated alkanes) is 15. The maximum Gasteiger partial charge on any atom is 0.330 e. The van der Waals surface area contributed by atoms with E-state index in [9.17, 15) is 4.79 Å². The van der Waals surface area contributed by atoms with Crippen molar-refractivity contribution >= 4 is 5.97 Å². The monoisotopic (exact) mass is 512 g/mol. The maximum absolute atomic E-state index is 11.0. The number of hydrogen-bond donors (Lipinski definition) is 0. The average Bonchev–Trinajstić information content (AvgIpc) is 2.93. The molecule has 0 saturated carbocycles. The van der Waals surface area contributed by atoms with E-state index in [-0.39, 0.29) is 5.97 Å². The minimum absolute atomic E-state index is 0.308. The van der Waals surface area contributed by atoms with Crippen LogP contribution in [0.1, 0.15) is 134 Å². The number of hydrogen-bond acceptors (Lipinski definition) is 3. The Labute approximate surface area is 229 Å². The van der Waals surface area contributed by atoms with Crippen molar-refractivity contribution in [3.8, 4) is 0 Å². The van der Waals surface area contributed by atoms with Gasteiger partial charge in [-0.1, -0.05) is 152 Å². The van der Waals surface area contributed by atoms with Gasteiger partial charge < -0.3 is 9.47 Å². The molecule has 0 aromatic heterocycles. The highest BCUT2D eigenvalue weighted by Gasteiger charge is 2.09. The molecule has 210 valence electrons. The lowest BCUT2D eigenvalue weighted by Gasteiger charge is -2.18. The summed E-state index contributed by atoms with van der Waals surface area (Å²) in [6, 6.07) is 10.6. The zero-order valence-electron chi connectivity index (χ0n) is 24.1. The van der Waals surface area contributed by atoms with Gasteiger partial charge in [0.05, 0.1) is 19.8 Å². The van der Waals surface area contributed by atoms with Crippen molar-refractivity contribution in [3.63, 3.8) is 0 Å². The molecule has 0 unspecified atom stereocenters. The van der Waals surface area contributed by atoms with Gasteiger partial charge in [-0.25, -0.2) is 4.79 Å². The molecule has 37 heavy (non-hydrogen) atoms. The lowest BCUT2D eigenvalue weighted by atomic mass is 10.0. The van der Waals surface area contributed by atoms with E-state index >= 15 is 0 Å². The van der Waals surface area contributed by atoms with Crippen LogP contribution in [0.4, 0.5) is 0 Å². The number of methoxy groups -OCH3 is 1. The molecule has 0 radical (unpaired) electrons. The Hall–Kier alpha value is -1.87. The summed E-state index contributed by atoms with van der Waals surface area (Å²) in [6.45, 7) is 3.02. The minimum atomic E-state index is -0.308. The van der Waals surface area contributed by atoms with E-state index in [0.29, 0.717) is 6.10 Å². The third-order valence-corrected chi connectivity index (χ3v) is 7.04. The molecule has 3 nitrogen and oxygen atoms in total. The number of carbonyl (C=O) groups excluding carboxylic acids is 1. The molecule has 0 fully saturated rings. The van der Waals surface area contributed by atoms with E-state index in [1.54, 1.807) is 6.08 Å². The van der Waals surface area contributed by atoms with E-state index in [2.05, 4.69) is 48.1 Å². The number of benzene rings is 1. The van der Waals surface area contributed by atoms with Crippen molar-refractivity contribution in [1.29, 1.82) is 0 Å². The highest BCUT2D eigenvalue weighted by molar-refractivity contribution is 5.82. The first-order chi connectivity index (χ1) is 18.3. The van der Waals surface area contributed by atoms with Crippen LogP contribution >= 0.6 is 0 Å². The van der Waals surface area contributed by atoms with Crippen molar-refractivity contribution in [3.05, 3.63) is 60.2 Å². The molecule has 0 aliphatic heterocycles. The molecule has 0 heterocycles. The Balaban J connectivity index is 2.15. The van der Waals surface area contributed by atoms with Crippen molar-refractivity contribution < 1.29 is 14.3 Å². The molecular weight excluding hydrogens is 456 g/mol. The first kappa shape index (κ1) is 33.2. The van der Waals surface area contributed by atoms with Crippen molar-refractivity contribution in [2.24, 2.45) is 0 Å². The number of rotatable bonds is 25. The second-order valence-corrected chi connectivity index (χ2v) is 10.4. The molecule has 0 aliphatic carbocycles. The predicted molar refractivity (Wildman–Crippen MR) is 159 cm³/mol. The zero-order chi connectivity index (χ0) is 26.7. The Morgan fingerprint density at radius 3 is 1.84 bits per heavy atom. The topological polar surface area (TPSA) is 35.5 Å². The molecule has 0 saturated heterocycles. The van der Waals surface area contributed by atoms with Crippen molar-refractivity contribution in [2.45, 2.75) is 142 Å². The van der Waals surface area contributed by atoms with Crippen molar-refractivity contribution in [2.75, 3.05) is 7.11 Å². The van der Waals surface area contributed by atoms with Crippen LogP contribution in [-0.4, -0.2) is 19.2 Å². The van der Waals surface area contributed by atoms with E-state index < -0.39 is 0 Å². The number of carbonyl (C=O) groups is 1. The smallest absolute Gasteiger partial charge is 0.330 e. The first-order valence-electron chi connectivity index (χ1n) is 15.3. The van der Waals surface area contributed by atoms with Crippen molar-refractivity contribution in [1.82, 2.24) is 0 Å². The van der Waals surface area contributed by atoms with Crippen LogP contribution in [0.5, 0.6) is 0 Å². The lowest BCUT2D eigenvalue weighted by molar-refractivity contribution is -0.134. The van der Waals surface area contributed by atoms with E-state index in [0.717, 1.165) is 13.0 Å². The quantitative estimate of drug-likeness (QED) is 0.0565. The molecule has 1 aromatic rings. The van der Waals surface area contributed by atoms with Crippen LogP contribution in [0, 0.1) is 0 Å². The molecule has 3 heteroatoms. The fourth-order valence-corrected chi connectivity index (χ4v) is 4.68. The van der Waals surface area contributed by atoms with E-state index in [4.69, 9.17) is 4.74 Å². The van der Waals surface area contributed by atoms with Crippen LogP contribution in [-0.2, 0) is 20.9 Å². The SMILES string of the molecule is CCCCCCCCCCCCCC[C@H](CCCCCCC=CC=CC(=O)OC)OCc1ccccc1. The summed E-state index contributed by atoms with van der Waals surface area (Å²) in [6.07, 6.45) is 32.7. The lowest BCUT2D eigenvalue weighted by Crippen LogP contribution is -2.13. The van der Waals surface area contributed by atoms with Gasteiger partial charge in [-0.3, -0.25) is 0 Å². The molecule has 0 spiro atoms. The summed E-state index contributed by atoms with van der Waals surface area (Å²) in [4.78, 5) is 11.0. The fraction of sp³-hybridized carbons (Fsp3) is 0.676. The molecule has 0 N–H and O–H groups in total. The average molecular weight is 513 g/mol. The van der Waals surface area contributed by atoms with Gasteiger partial charge in [0.15, 0.2) is 0 Å². The van der Waals surface area contributed by atoms with Crippen LogP contribution in [0.2, 0.25) is 0 Å². The van der Waals surface area contributed by atoms with Gasteiger partial charge in [-0.2, -0.15) is 0 Å². The van der Waals surface area contributed by atoms with Crippen LogP contribution in [0.25, 0.3) is 0 Å². The second-order valence-electron chi connectivity index (χ2n) is 10.4. The molecule has 1 atom stereocenters. The largest absolute Gasteiger partial charge is 0.466 e. The summed E-state index contributed by atoms with van der Waals surface area (Å²) < 4.78 is 11.0. The van der Waals surface area contributed by atoms with Gasteiger partial charge in [0.2, 0.25) is 0 Å². The van der Waals surface area contributed by atoms with Gasteiger partial charge in [0, 0.05) is 6.08 Å². The zero-order valence-corrected chi connectivity index (χ0v) is 24.1.